The van der Waals surface area contributed by atoms with Crippen molar-refractivity contribution in [2.75, 3.05) is 0 Å². The Kier molecular flexibility index (Phi) is 6.82. The van der Waals surface area contributed by atoms with E-state index in [2.05, 4.69) is 19.6 Å². The molecule has 0 amide bonds. The first kappa shape index (κ1) is 17.6. The normalized spacial score (nSPS) is 12.8. The van der Waals surface area contributed by atoms with Gasteiger partial charge in [-0.1, -0.05) is 62.4 Å². The van der Waals surface area contributed by atoms with E-state index in [0.717, 1.165) is 18.0 Å². The minimum atomic E-state index is -1.13. The molecule has 0 bridgehead atoms. The zero-order valence-corrected chi connectivity index (χ0v) is 14.5. The largest absolute Gasteiger partial charge is 0.460 e. The number of hydrogen-bond donors (Lipinski definition) is 0. The van der Waals surface area contributed by atoms with Crippen LogP contribution in [0.15, 0.2) is 30.3 Å². The highest BCUT2D eigenvalue weighted by Gasteiger charge is 2.25. The lowest BCUT2D eigenvalue weighted by Gasteiger charge is -2.18. The molecule has 21 heavy (non-hydrogen) atoms. The first-order valence-corrected chi connectivity index (χ1v) is 11.2. The zero-order valence-electron chi connectivity index (χ0n) is 13.5. The monoisotopic (exact) mass is 306 g/mol. The summed E-state index contributed by atoms with van der Waals surface area (Å²) in [5, 5.41) is 0. The maximum Gasteiger partial charge on any atom is 0.316 e. The highest BCUT2D eigenvalue weighted by atomic mass is 28.3. The molecule has 1 aromatic carbocycles. The summed E-state index contributed by atoms with van der Waals surface area (Å²) >= 11 is 0. The van der Waals surface area contributed by atoms with Crippen molar-refractivity contribution in [3.8, 4) is 0 Å². The first-order chi connectivity index (χ1) is 9.79. The van der Waals surface area contributed by atoms with Gasteiger partial charge in [0.2, 0.25) is 0 Å². The van der Waals surface area contributed by atoms with E-state index in [4.69, 9.17) is 4.74 Å². The SMILES string of the molecule is CC(=O)C(CCC[Si](C)(C)C)C(=O)OCc1ccccc1. The van der Waals surface area contributed by atoms with Crippen molar-refractivity contribution < 1.29 is 14.3 Å². The van der Waals surface area contributed by atoms with Crippen molar-refractivity contribution >= 4 is 19.8 Å². The minimum Gasteiger partial charge on any atom is -0.460 e. The van der Waals surface area contributed by atoms with Gasteiger partial charge >= 0.3 is 5.97 Å². The van der Waals surface area contributed by atoms with Gasteiger partial charge in [-0.15, -0.1) is 0 Å². The number of rotatable bonds is 8. The smallest absolute Gasteiger partial charge is 0.316 e. The Bertz CT molecular complexity index is 463. The summed E-state index contributed by atoms with van der Waals surface area (Å²) in [6.45, 7) is 8.59. The van der Waals surface area contributed by atoms with Crippen LogP contribution in [0.3, 0.4) is 0 Å². The molecule has 0 saturated carbocycles. The molecule has 0 spiro atoms. The molecule has 1 rings (SSSR count). The van der Waals surface area contributed by atoms with Crippen LogP contribution in [0, 0.1) is 5.92 Å². The fourth-order valence-corrected chi connectivity index (χ4v) is 3.42. The Hall–Kier alpha value is -1.42. The molecule has 0 fully saturated rings. The highest BCUT2D eigenvalue weighted by molar-refractivity contribution is 6.76. The fraction of sp³-hybridized carbons (Fsp3) is 0.529. The van der Waals surface area contributed by atoms with Crippen molar-refractivity contribution in [3.05, 3.63) is 35.9 Å². The summed E-state index contributed by atoms with van der Waals surface area (Å²) in [5.41, 5.74) is 0.940. The number of ether oxygens (including phenoxy) is 1. The maximum atomic E-state index is 12.1. The third-order valence-corrected chi connectivity index (χ3v) is 5.27. The van der Waals surface area contributed by atoms with Gasteiger partial charge in [0.1, 0.15) is 18.3 Å². The van der Waals surface area contributed by atoms with Crippen molar-refractivity contribution in [3.63, 3.8) is 0 Å². The van der Waals surface area contributed by atoms with Crippen LogP contribution in [0.5, 0.6) is 0 Å². The Morgan fingerprint density at radius 2 is 1.76 bits per heavy atom. The summed E-state index contributed by atoms with van der Waals surface area (Å²) in [7, 11) is -1.13. The van der Waals surface area contributed by atoms with E-state index in [1.807, 2.05) is 30.3 Å². The molecule has 0 aliphatic carbocycles. The predicted octanol–water partition coefficient (Wildman–Crippen LogP) is 4.05. The number of hydrogen-bond acceptors (Lipinski definition) is 3. The summed E-state index contributed by atoms with van der Waals surface area (Å²) in [5.74, 6) is -1.09. The Morgan fingerprint density at radius 1 is 1.14 bits per heavy atom. The molecule has 1 unspecified atom stereocenters. The molecule has 116 valence electrons. The lowest BCUT2D eigenvalue weighted by atomic mass is 10.00. The van der Waals surface area contributed by atoms with Crippen LogP contribution in [-0.4, -0.2) is 19.8 Å². The highest BCUT2D eigenvalue weighted by Crippen LogP contribution is 2.18. The third-order valence-electron chi connectivity index (χ3n) is 3.42. The van der Waals surface area contributed by atoms with Crippen molar-refractivity contribution in [1.29, 1.82) is 0 Å². The van der Waals surface area contributed by atoms with Gasteiger partial charge in [-0.2, -0.15) is 0 Å². The standard InChI is InChI=1S/C17H26O3Si/c1-14(18)16(11-8-12-21(2,3)4)17(19)20-13-15-9-6-5-7-10-15/h5-7,9-10,16H,8,11-13H2,1-4H3. The van der Waals surface area contributed by atoms with Gasteiger partial charge in [0.15, 0.2) is 0 Å². The van der Waals surface area contributed by atoms with Gasteiger partial charge in [-0.3, -0.25) is 9.59 Å². The molecule has 0 aliphatic rings. The number of carbonyl (C=O) groups excluding carboxylic acids is 2. The lowest BCUT2D eigenvalue weighted by Crippen LogP contribution is -2.26. The number of ketones is 1. The topological polar surface area (TPSA) is 43.4 Å². The molecule has 0 heterocycles. The van der Waals surface area contributed by atoms with Crippen molar-refractivity contribution in [1.82, 2.24) is 0 Å². The second kappa shape index (κ2) is 8.13. The second-order valence-electron chi connectivity index (χ2n) is 6.71. The van der Waals surface area contributed by atoms with Crippen LogP contribution in [0.1, 0.15) is 25.3 Å². The fourth-order valence-electron chi connectivity index (χ4n) is 2.15. The zero-order chi connectivity index (χ0) is 15.9. The molecule has 3 nitrogen and oxygen atoms in total. The van der Waals surface area contributed by atoms with Gasteiger partial charge in [0, 0.05) is 8.07 Å². The van der Waals surface area contributed by atoms with Crippen molar-refractivity contribution in [2.24, 2.45) is 5.92 Å². The number of Topliss-reactive ketones (excluding diaryl/α,β-unsaturated/α-hetero) is 1. The third kappa shape index (κ3) is 7.23. The number of benzene rings is 1. The van der Waals surface area contributed by atoms with E-state index >= 15 is 0 Å². The average Bonchev–Trinajstić information content (AvgIpc) is 2.40. The van der Waals surface area contributed by atoms with E-state index in [0.29, 0.717) is 6.42 Å². The van der Waals surface area contributed by atoms with Crippen LogP contribution in [0.2, 0.25) is 25.7 Å². The van der Waals surface area contributed by atoms with Crippen molar-refractivity contribution in [2.45, 2.75) is 52.1 Å². The molecule has 0 N–H and O–H groups in total. The molecule has 0 aliphatic heterocycles. The van der Waals surface area contributed by atoms with E-state index in [1.54, 1.807) is 0 Å². The molecule has 1 aromatic rings. The van der Waals surface area contributed by atoms with Crippen LogP contribution in [-0.2, 0) is 20.9 Å². The lowest BCUT2D eigenvalue weighted by molar-refractivity contribution is -0.153. The molecule has 0 saturated heterocycles. The van der Waals surface area contributed by atoms with Crippen LogP contribution >= 0.6 is 0 Å². The molecule has 0 radical (unpaired) electrons. The molecule has 4 heteroatoms. The molecular formula is C17H26O3Si. The number of carbonyl (C=O) groups is 2. The summed E-state index contributed by atoms with van der Waals surface area (Å²) in [4.78, 5) is 23.7. The Morgan fingerprint density at radius 3 is 2.29 bits per heavy atom. The Labute approximate surface area is 128 Å². The molecule has 1 atom stereocenters. The number of esters is 1. The average molecular weight is 306 g/mol. The predicted molar refractivity (Wildman–Crippen MR) is 87.8 cm³/mol. The van der Waals surface area contributed by atoms with Gasteiger partial charge < -0.3 is 4.74 Å². The van der Waals surface area contributed by atoms with Crippen LogP contribution in [0.25, 0.3) is 0 Å². The Balaban J connectivity index is 2.48. The summed E-state index contributed by atoms with van der Waals surface area (Å²) in [6, 6.07) is 10.7. The first-order valence-electron chi connectivity index (χ1n) is 7.50. The van der Waals surface area contributed by atoms with Gasteiger partial charge in [0.05, 0.1) is 0 Å². The van der Waals surface area contributed by atoms with Gasteiger partial charge in [-0.05, 0) is 18.9 Å². The van der Waals surface area contributed by atoms with Gasteiger partial charge in [-0.25, -0.2) is 0 Å². The summed E-state index contributed by atoms with van der Waals surface area (Å²) < 4.78 is 5.29. The molecule has 0 aromatic heterocycles. The van der Waals surface area contributed by atoms with E-state index in [1.165, 1.54) is 6.92 Å². The van der Waals surface area contributed by atoms with Crippen LogP contribution in [0.4, 0.5) is 0 Å². The minimum absolute atomic E-state index is 0.0939. The van der Waals surface area contributed by atoms with E-state index < -0.39 is 14.0 Å². The second-order valence-corrected chi connectivity index (χ2v) is 12.3. The quantitative estimate of drug-likeness (QED) is 0.413. The van der Waals surface area contributed by atoms with Gasteiger partial charge in [0.25, 0.3) is 0 Å². The van der Waals surface area contributed by atoms with E-state index in [-0.39, 0.29) is 18.4 Å². The summed E-state index contributed by atoms with van der Waals surface area (Å²) in [6.07, 6.45) is 1.52. The van der Waals surface area contributed by atoms with E-state index in [9.17, 15) is 9.59 Å². The van der Waals surface area contributed by atoms with Crippen LogP contribution < -0.4 is 0 Å². The maximum absolute atomic E-state index is 12.1. The molecular weight excluding hydrogens is 280 g/mol.